The molecule has 0 aromatic heterocycles. The van der Waals surface area contributed by atoms with E-state index >= 15 is 0 Å². The molecule has 3 atom stereocenters. The van der Waals surface area contributed by atoms with Crippen LogP contribution >= 0.6 is 0 Å². The molecule has 3 nitrogen and oxygen atoms in total. The lowest BCUT2D eigenvalue weighted by molar-refractivity contribution is 0.0427. The minimum atomic E-state index is -0.0718. The Morgan fingerprint density at radius 3 is 2.62 bits per heavy atom. The number of aliphatic hydroxyl groups is 1. The van der Waals surface area contributed by atoms with Gasteiger partial charge in [-0.2, -0.15) is 0 Å². The fraction of sp³-hybridized carbons (Fsp3) is 1.00. The zero-order valence-corrected chi connectivity index (χ0v) is 10.7. The summed E-state index contributed by atoms with van der Waals surface area (Å²) in [6, 6.07) is 1.08. The fourth-order valence-corrected chi connectivity index (χ4v) is 3.37. The summed E-state index contributed by atoms with van der Waals surface area (Å²) in [6.45, 7) is 5.82. The molecule has 1 saturated heterocycles. The highest BCUT2D eigenvalue weighted by molar-refractivity contribution is 4.90. The molecule has 3 unspecified atom stereocenters. The van der Waals surface area contributed by atoms with E-state index in [4.69, 9.17) is 0 Å². The second-order valence-electron chi connectivity index (χ2n) is 5.48. The van der Waals surface area contributed by atoms with Crippen LogP contribution in [0.15, 0.2) is 0 Å². The van der Waals surface area contributed by atoms with E-state index in [9.17, 15) is 5.11 Å². The van der Waals surface area contributed by atoms with Gasteiger partial charge in [0.05, 0.1) is 6.10 Å². The van der Waals surface area contributed by atoms with Crippen molar-refractivity contribution in [3.05, 3.63) is 0 Å². The maximum Gasteiger partial charge on any atom is 0.0695 e. The Bertz CT molecular complexity index is 222. The van der Waals surface area contributed by atoms with Crippen LogP contribution in [-0.4, -0.2) is 59.8 Å². The largest absolute Gasteiger partial charge is 0.391 e. The molecule has 1 saturated carbocycles. The van der Waals surface area contributed by atoms with Crippen molar-refractivity contribution in [3.63, 3.8) is 0 Å². The molecule has 94 valence electrons. The lowest BCUT2D eigenvalue weighted by Crippen LogP contribution is -2.48. The Balaban J connectivity index is 2.04. The monoisotopic (exact) mass is 226 g/mol. The summed E-state index contributed by atoms with van der Waals surface area (Å²) in [6.07, 6.45) is 5.78. The van der Waals surface area contributed by atoms with Crippen LogP contribution in [-0.2, 0) is 0 Å². The molecule has 2 fully saturated rings. The van der Waals surface area contributed by atoms with Crippen LogP contribution in [0.25, 0.3) is 0 Å². The first-order valence-electron chi connectivity index (χ1n) is 6.84. The van der Waals surface area contributed by atoms with Crippen molar-refractivity contribution in [2.24, 2.45) is 0 Å². The van der Waals surface area contributed by atoms with Crippen molar-refractivity contribution in [1.29, 1.82) is 0 Å². The molecule has 0 amide bonds. The Morgan fingerprint density at radius 2 is 2.00 bits per heavy atom. The van der Waals surface area contributed by atoms with E-state index in [2.05, 4.69) is 23.8 Å². The predicted octanol–water partition coefficient (Wildman–Crippen LogP) is 1.32. The van der Waals surface area contributed by atoms with Crippen molar-refractivity contribution >= 4 is 0 Å². The van der Waals surface area contributed by atoms with Crippen LogP contribution in [0.4, 0.5) is 0 Å². The first kappa shape index (κ1) is 12.3. The van der Waals surface area contributed by atoms with Gasteiger partial charge in [0.2, 0.25) is 0 Å². The average molecular weight is 226 g/mol. The van der Waals surface area contributed by atoms with Gasteiger partial charge in [-0.1, -0.05) is 6.92 Å². The predicted molar refractivity (Wildman–Crippen MR) is 66.5 cm³/mol. The van der Waals surface area contributed by atoms with Crippen molar-refractivity contribution in [2.45, 2.75) is 57.2 Å². The molecule has 2 rings (SSSR count). The molecule has 16 heavy (non-hydrogen) atoms. The molecule has 1 aliphatic heterocycles. The van der Waals surface area contributed by atoms with E-state index < -0.39 is 0 Å². The van der Waals surface area contributed by atoms with Crippen LogP contribution in [0.1, 0.15) is 39.0 Å². The standard InChI is InChI=1S/C13H26N2O/c1-3-11-10-14(2)8-5-9-15(11)12-6-4-7-13(12)16/h11-13,16H,3-10H2,1-2H3. The molecule has 2 aliphatic rings. The van der Waals surface area contributed by atoms with E-state index in [-0.39, 0.29) is 6.10 Å². The molecule has 1 N–H and O–H groups in total. The first-order valence-corrected chi connectivity index (χ1v) is 6.84. The Kier molecular flexibility index (Phi) is 4.22. The summed E-state index contributed by atoms with van der Waals surface area (Å²) in [7, 11) is 2.22. The minimum absolute atomic E-state index is 0.0718. The van der Waals surface area contributed by atoms with Crippen LogP contribution in [0.3, 0.4) is 0 Å². The normalized spacial score (nSPS) is 38.8. The van der Waals surface area contributed by atoms with Gasteiger partial charge in [-0.15, -0.1) is 0 Å². The fourth-order valence-electron chi connectivity index (χ4n) is 3.37. The molecule has 0 bridgehead atoms. The minimum Gasteiger partial charge on any atom is -0.391 e. The third kappa shape index (κ3) is 2.58. The van der Waals surface area contributed by atoms with E-state index in [0.717, 1.165) is 6.42 Å². The van der Waals surface area contributed by atoms with Gasteiger partial charge in [0.15, 0.2) is 0 Å². The summed E-state index contributed by atoms with van der Waals surface area (Å²) in [5, 5.41) is 10.1. The maximum atomic E-state index is 10.1. The van der Waals surface area contributed by atoms with Crippen molar-refractivity contribution in [2.75, 3.05) is 26.7 Å². The number of rotatable bonds is 2. The molecular weight excluding hydrogens is 200 g/mol. The van der Waals surface area contributed by atoms with Gasteiger partial charge in [-0.05, 0) is 45.7 Å². The topological polar surface area (TPSA) is 26.7 Å². The molecule has 0 aromatic carbocycles. The third-order valence-electron chi connectivity index (χ3n) is 4.29. The molecule has 1 heterocycles. The van der Waals surface area contributed by atoms with Gasteiger partial charge in [-0.25, -0.2) is 0 Å². The van der Waals surface area contributed by atoms with Crippen LogP contribution < -0.4 is 0 Å². The molecular formula is C13H26N2O. The van der Waals surface area contributed by atoms with Crippen LogP contribution in [0.2, 0.25) is 0 Å². The van der Waals surface area contributed by atoms with Gasteiger partial charge >= 0.3 is 0 Å². The highest BCUT2D eigenvalue weighted by Gasteiger charge is 2.35. The smallest absolute Gasteiger partial charge is 0.0695 e. The summed E-state index contributed by atoms with van der Waals surface area (Å²) in [4.78, 5) is 5.04. The van der Waals surface area contributed by atoms with Gasteiger partial charge < -0.3 is 10.0 Å². The van der Waals surface area contributed by atoms with Gasteiger partial charge in [-0.3, -0.25) is 4.90 Å². The molecule has 0 aromatic rings. The number of likely N-dealkylation sites (N-methyl/N-ethyl adjacent to an activating group) is 1. The van der Waals surface area contributed by atoms with E-state index in [1.54, 1.807) is 0 Å². The molecule has 1 aliphatic carbocycles. The lowest BCUT2D eigenvalue weighted by atomic mass is 10.1. The summed E-state index contributed by atoms with van der Waals surface area (Å²) in [5.41, 5.74) is 0. The van der Waals surface area contributed by atoms with Crippen molar-refractivity contribution in [1.82, 2.24) is 9.80 Å². The lowest BCUT2D eigenvalue weighted by Gasteiger charge is -2.36. The first-order chi connectivity index (χ1) is 7.72. The number of aliphatic hydroxyl groups excluding tert-OH is 1. The maximum absolute atomic E-state index is 10.1. The highest BCUT2D eigenvalue weighted by atomic mass is 16.3. The second-order valence-corrected chi connectivity index (χ2v) is 5.48. The SMILES string of the molecule is CCC1CN(C)CCCN1C1CCCC1O. The number of hydrogen-bond acceptors (Lipinski definition) is 3. The Labute approximate surface area is 99.4 Å². The summed E-state index contributed by atoms with van der Waals surface area (Å²) < 4.78 is 0. The van der Waals surface area contributed by atoms with Crippen molar-refractivity contribution in [3.8, 4) is 0 Å². The summed E-state index contributed by atoms with van der Waals surface area (Å²) >= 11 is 0. The number of nitrogens with zero attached hydrogens (tertiary/aromatic N) is 2. The molecule has 3 heteroatoms. The van der Waals surface area contributed by atoms with Crippen LogP contribution in [0, 0.1) is 0 Å². The Hall–Kier alpha value is -0.120. The quantitative estimate of drug-likeness (QED) is 0.769. The van der Waals surface area contributed by atoms with Crippen LogP contribution in [0.5, 0.6) is 0 Å². The van der Waals surface area contributed by atoms with E-state index in [0.29, 0.717) is 12.1 Å². The van der Waals surface area contributed by atoms with Crippen molar-refractivity contribution < 1.29 is 5.11 Å². The average Bonchev–Trinajstić information content (AvgIpc) is 2.58. The number of hydrogen-bond donors (Lipinski definition) is 1. The van der Waals surface area contributed by atoms with Gasteiger partial charge in [0.1, 0.15) is 0 Å². The third-order valence-corrected chi connectivity index (χ3v) is 4.29. The van der Waals surface area contributed by atoms with E-state index in [1.165, 1.54) is 45.3 Å². The summed E-state index contributed by atoms with van der Waals surface area (Å²) in [5.74, 6) is 0. The Morgan fingerprint density at radius 1 is 1.19 bits per heavy atom. The molecule has 0 radical (unpaired) electrons. The van der Waals surface area contributed by atoms with Gasteiger partial charge in [0, 0.05) is 25.2 Å². The molecule has 0 spiro atoms. The van der Waals surface area contributed by atoms with E-state index in [1.807, 2.05) is 0 Å². The highest BCUT2D eigenvalue weighted by Crippen LogP contribution is 2.28. The second kappa shape index (κ2) is 5.48. The zero-order valence-electron chi connectivity index (χ0n) is 10.7. The zero-order chi connectivity index (χ0) is 11.5. The van der Waals surface area contributed by atoms with Gasteiger partial charge in [0.25, 0.3) is 0 Å².